The molecule has 0 bridgehead atoms. The lowest BCUT2D eigenvalue weighted by Gasteiger charge is -2.25. The van der Waals surface area contributed by atoms with E-state index in [1.54, 1.807) is 6.08 Å². The van der Waals surface area contributed by atoms with Crippen LogP contribution in [0, 0.1) is 0 Å². The number of aliphatic hydroxyl groups excluding tert-OH is 1. The number of allylic oxidation sites excluding steroid dienone is 1. The lowest BCUT2D eigenvalue weighted by atomic mass is 10.0. The van der Waals surface area contributed by atoms with E-state index in [2.05, 4.69) is 19.2 Å². The number of amides is 1. The highest BCUT2D eigenvalue weighted by atomic mass is 31.2. The average Bonchev–Trinajstić information content (AvgIpc) is 3.23. The maximum absolute atomic E-state index is 12.9. The van der Waals surface area contributed by atoms with Crippen molar-refractivity contribution in [3.63, 3.8) is 0 Å². The van der Waals surface area contributed by atoms with Gasteiger partial charge in [0.1, 0.15) is 13.2 Å². The quantitative estimate of drug-likeness (QED) is 0.0243. The second-order valence-electron chi connectivity index (χ2n) is 20.0. The van der Waals surface area contributed by atoms with Gasteiger partial charge in [-0.2, -0.15) is 0 Å². The minimum absolute atomic E-state index is 0.0644. The van der Waals surface area contributed by atoms with Crippen LogP contribution in [-0.4, -0.2) is 73.4 Å². The Morgan fingerprint density at radius 2 is 0.855 bits per heavy atom. The summed E-state index contributed by atoms with van der Waals surface area (Å²) in [4.78, 5) is 23.1. The third kappa shape index (κ3) is 47.2. The molecule has 0 fully saturated rings. The van der Waals surface area contributed by atoms with Crippen molar-refractivity contribution in [2.75, 3.05) is 40.9 Å². The molecule has 0 heterocycles. The summed E-state index contributed by atoms with van der Waals surface area (Å²) < 4.78 is 23.6. The van der Waals surface area contributed by atoms with Gasteiger partial charge >= 0.3 is 7.82 Å². The van der Waals surface area contributed by atoms with E-state index in [1.165, 1.54) is 212 Å². The minimum atomic E-state index is -4.33. The van der Waals surface area contributed by atoms with Crippen molar-refractivity contribution in [3.8, 4) is 0 Å². The van der Waals surface area contributed by atoms with Crippen molar-refractivity contribution in [2.24, 2.45) is 0 Å². The third-order valence-electron chi connectivity index (χ3n) is 12.5. The van der Waals surface area contributed by atoms with Crippen LogP contribution in [0.25, 0.3) is 0 Å². The topological polar surface area (TPSA) is 105 Å². The van der Waals surface area contributed by atoms with Gasteiger partial charge in [0, 0.05) is 6.42 Å². The van der Waals surface area contributed by atoms with Crippen LogP contribution in [0.3, 0.4) is 0 Å². The molecule has 3 N–H and O–H groups in total. The first kappa shape index (κ1) is 61.2. The number of likely N-dealkylation sites (N-methyl/N-ethyl adjacent to an activating group) is 1. The summed E-state index contributed by atoms with van der Waals surface area (Å²) >= 11 is 0. The van der Waals surface area contributed by atoms with E-state index < -0.39 is 20.0 Å². The molecule has 0 aromatic carbocycles. The zero-order valence-electron chi connectivity index (χ0n) is 42.1. The van der Waals surface area contributed by atoms with Gasteiger partial charge in [-0.15, -0.1) is 0 Å². The smallest absolute Gasteiger partial charge is 0.387 e. The van der Waals surface area contributed by atoms with Crippen molar-refractivity contribution in [3.05, 3.63) is 12.2 Å². The van der Waals surface area contributed by atoms with E-state index in [0.717, 1.165) is 38.5 Å². The molecule has 0 radical (unpaired) electrons. The molecule has 0 saturated carbocycles. The van der Waals surface area contributed by atoms with Crippen LogP contribution in [0.4, 0.5) is 0 Å². The molecule has 0 aromatic heterocycles. The first-order chi connectivity index (χ1) is 30.0. The number of quaternary nitrogens is 1. The number of nitrogens with zero attached hydrogens (tertiary/aromatic N) is 1. The van der Waals surface area contributed by atoms with Crippen molar-refractivity contribution in [2.45, 2.75) is 283 Å². The molecule has 0 aliphatic carbocycles. The van der Waals surface area contributed by atoms with Gasteiger partial charge in [-0.25, -0.2) is 4.57 Å². The molecule has 0 saturated heterocycles. The first-order valence-corrected chi connectivity index (χ1v) is 28.6. The van der Waals surface area contributed by atoms with Crippen molar-refractivity contribution < 1.29 is 32.9 Å². The number of hydrogen-bond acceptors (Lipinski definition) is 5. The van der Waals surface area contributed by atoms with Gasteiger partial charge in [-0.05, 0) is 19.3 Å². The van der Waals surface area contributed by atoms with Crippen LogP contribution in [0.1, 0.15) is 271 Å². The van der Waals surface area contributed by atoms with Gasteiger partial charge in [0.15, 0.2) is 0 Å². The van der Waals surface area contributed by atoms with Gasteiger partial charge in [0.05, 0.1) is 39.9 Å². The molecule has 3 atom stereocenters. The molecule has 0 spiro atoms. The summed E-state index contributed by atoms with van der Waals surface area (Å²) in [5.41, 5.74) is 0. The molecule has 0 aliphatic rings. The number of nitrogens with one attached hydrogen (secondary N) is 1. The van der Waals surface area contributed by atoms with Crippen LogP contribution in [0.15, 0.2) is 12.2 Å². The Kier molecular flexibility index (Phi) is 44.8. The Balaban J connectivity index is 3.91. The molecule has 370 valence electrons. The Bertz CT molecular complexity index is 1020. The number of carbonyl (C=O) groups is 1. The Hall–Kier alpha value is -0.760. The SMILES string of the molecule is CCCCCCCCC/C=C/C(O)C(COP(=O)(O)OCC[N+](C)(C)C)NC(=O)CCCCCCCCCCCCCCCCCCCCCCCCCCCCCCCCC. The maximum Gasteiger partial charge on any atom is 0.472 e. The van der Waals surface area contributed by atoms with Crippen molar-refractivity contribution in [1.82, 2.24) is 5.32 Å². The summed E-state index contributed by atoms with van der Waals surface area (Å²) in [6.45, 7) is 4.81. The summed E-state index contributed by atoms with van der Waals surface area (Å²) in [5.74, 6) is -0.174. The van der Waals surface area contributed by atoms with E-state index in [-0.39, 0.29) is 19.1 Å². The van der Waals surface area contributed by atoms with Crippen LogP contribution >= 0.6 is 7.82 Å². The third-order valence-corrected chi connectivity index (χ3v) is 13.5. The van der Waals surface area contributed by atoms with Crippen LogP contribution in [0.5, 0.6) is 0 Å². The Morgan fingerprint density at radius 3 is 1.19 bits per heavy atom. The highest BCUT2D eigenvalue weighted by Gasteiger charge is 2.27. The highest BCUT2D eigenvalue weighted by Crippen LogP contribution is 2.43. The number of aliphatic hydroxyl groups is 1. The largest absolute Gasteiger partial charge is 0.472 e. The number of hydrogen-bond donors (Lipinski definition) is 3. The lowest BCUT2D eigenvalue weighted by molar-refractivity contribution is -0.870. The molecule has 8 nitrogen and oxygen atoms in total. The fourth-order valence-electron chi connectivity index (χ4n) is 8.22. The summed E-state index contributed by atoms with van der Waals surface area (Å²) in [6, 6.07) is -0.839. The molecule has 9 heteroatoms. The summed E-state index contributed by atoms with van der Waals surface area (Å²) in [6.07, 6.45) is 54.8. The molecular formula is C53H108N2O6P+. The molecule has 0 rings (SSSR count). The molecule has 0 aromatic rings. The number of unbranched alkanes of at least 4 members (excludes halogenated alkanes) is 37. The van der Waals surface area contributed by atoms with E-state index in [0.29, 0.717) is 17.4 Å². The van der Waals surface area contributed by atoms with Crippen LogP contribution in [0.2, 0.25) is 0 Å². The number of phosphoric acid groups is 1. The van der Waals surface area contributed by atoms with E-state index in [9.17, 15) is 19.4 Å². The van der Waals surface area contributed by atoms with Crippen LogP contribution in [-0.2, 0) is 18.4 Å². The van der Waals surface area contributed by atoms with Crippen LogP contribution < -0.4 is 5.32 Å². The summed E-state index contributed by atoms with van der Waals surface area (Å²) in [7, 11) is 1.58. The Labute approximate surface area is 386 Å². The zero-order chi connectivity index (χ0) is 45.7. The second kappa shape index (κ2) is 45.4. The normalized spacial score (nSPS) is 14.1. The molecule has 1 amide bonds. The predicted octanol–water partition coefficient (Wildman–Crippen LogP) is 15.9. The average molecular weight is 900 g/mol. The standard InChI is InChI=1S/C53H107N2O6P/c1-6-8-10-12-14-16-17-18-19-20-21-22-23-24-25-26-27-28-29-30-31-32-33-34-35-36-37-39-41-43-45-47-53(57)54-51(50-61-62(58,59)60-49-48-55(3,4)5)52(56)46-44-42-40-38-15-13-11-9-7-2/h44,46,51-52,56H,6-43,45,47-50H2,1-5H3,(H-,54,57,58,59)/p+1/b46-44+. The number of phosphoric ester groups is 1. The fourth-order valence-corrected chi connectivity index (χ4v) is 8.96. The first-order valence-electron chi connectivity index (χ1n) is 27.1. The second-order valence-corrected chi connectivity index (χ2v) is 21.4. The van der Waals surface area contributed by atoms with E-state index in [1.807, 2.05) is 27.2 Å². The molecule has 0 aliphatic heterocycles. The highest BCUT2D eigenvalue weighted by molar-refractivity contribution is 7.47. The maximum atomic E-state index is 12.9. The predicted molar refractivity (Wildman–Crippen MR) is 268 cm³/mol. The van der Waals surface area contributed by atoms with Gasteiger partial charge in [-0.1, -0.05) is 257 Å². The summed E-state index contributed by atoms with van der Waals surface area (Å²) in [5, 5.41) is 13.8. The fraction of sp³-hybridized carbons (Fsp3) is 0.943. The molecular weight excluding hydrogens is 792 g/mol. The number of carbonyl (C=O) groups excluding carboxylic acids is 1. The molecule has 62 heavy (non-hydrogen) atoms. The Morgan fingerprint density at radius 1 is 0.532 bits per heavy atom. The van der Waals surface area contributed by atoms with E-state index >= 15 is 0 Å². The van der Waals surface area contributed by atoms with E-state index in [4.69, 9.17) is 9.05 Å². The van der Waals surface area contributed by atoms with Crippen molar-refractivity contribution in [1.29, 1.82) is 0 Å². The number of rotatable bonds is 50. The van der Waals surface area contributed by atoms with Crippen molar-refractivity contribution >= 4 is 13.7 Å². The van der Waals surface area contributed by atoms with Gasteiger partial charge < -0.3 is 19.8 Å². The van der Waals surface area contributed by atoms with Gasteiger partial charge in [0.25, 0.3) is 0 Å². The van der Waals surface area contributed by atoms with Gasteiger partial charge in [-0.3, -0.25) is 13.8 Å². The molecule has 3 unspecified atom stereocenters. The minimum Gasteiger partial charge on any atom is -0.387 e. The van der Waals surface area contributed by atoms with Gasteiger partial charge in [0.2, 0.25) is 5.91 Å². The monoisotopic (exact) mass is 900 g/mol. The lowest BCUT2D eigenvalue weighted by Crippen LogP contribution is -2.45. The zero-order valence-corrected chi connectivity index (χ0v) is 43.0.